The Bertz CT molecular complexity index is 1100. The van der Waals surface area contributed by atoms with E-state index in [-0.39, 0.29) is 63.6 Å². The number of carbonyl (C=O) groups excluding carboxylic acids is 3. The normalized spacial score (nSPS) is 47.3. The van der Waals surface area contributed by atoms with Gasteiger partial charge >= 0.3 is 23.9 Å². The molecule has 1 saturated heterocycles. The van der Waals surface area contributed by atoms with Crippen LogP contribution in [0.15, 0.2) is 0 Å². The molecular formula is C32H48O8. The molecule has 1 aliphatic heterocycles. The van der Waals surface area contributed by atoms with Gasteiger partial charge in [0.15, 0.2) is 0 Å². The van der Waals surface area contributed by atoms with Gasteiger partial charge in [0, 0.05) is 30.6 Å². The van der Waals surface area contributed by atoms with Gasteiger partial charge in [0.1, 0.15) is 24.2 Å². The number of hydrogen-bond acceptors (Lipinski definition) is 7. The molecule has 1 heterocycles. The molecule has 5 fully saturated rings. The number of cyclic esters (lactones) is 1. The van der Waals surface area contributed by atoms with Crippen molar-refractivity contribution in [3.63, 3.8) is 0 Å². The number of carbonyl (C=O) groups is 4. The highest BCUT2D eigenvalue weighted by molar-refractivity contribution is 5.90. The molecule has 0 amide bonds. The first-order valence-electron chi connectivity index (χ1n) is 15.3. The molecule has 0 spiro atoms. The number of fused-ring (bicyclic) bond motifs is 5. The van der Waals surface area contributed by atoms with Crippen molar-refractivity contribution in [3.8, 4) is 0 Å². The molecule has 5 aliphatic rings. The van der Waals surface area contributed by atoms with Gasteiger partial charge in [0.05, 0.1) is 0 Å². The van der Waals surface area contributed by atoms with E-state index in [9.17, 15) is 19.2 Å². The van der Waals surface area contributed by atoms with Crippen molar-refractivity contribution in [1.82, 2.24) is 0 Å². The summed E-state index contributed by atoms with van der Waals surface area (Å²) >= 11 is 0. The lowest BCUT2D eigenvalue weighted by atomic mass is 9.35. The molecule has 0 aromatic rings. The summed E-state index contributed by atoms with van der Waals surface area (Å²) in [5.74, 6) is -1.38. The Hall–Kier alpha value is -2.12. The summed E-state index contributed by atoms with van der Waals surface area (Å²) in [7, 11) is 0. The zero-order chi connectivity index (χ0) is 29.5. The number of hydrogen-bond donors (Lipinski definition) is 1. The average Bonchev–Trinajstić information content (AvgIpc) is 3.37. The van der Waals surface area contributed by atoms with Gasteiger partial charge in [-0.3, -0.25) is 19.2 Å². The molecule has 0 unspecified atom stereocenters. The molecule has 224 valence electrons. The Morgan fingerprint density at radius 3 is 2.17 bits per heavy atom. The highest BCUT2D eigenvalue weighted by Gasteiger charge is 2.72. The summed E-state index contributed by atoms with van der Waals surface area (Å²) in [4.78, 5) is 48.2. The largest absolute Gasteiger partial charge is 0.481 e. The molecule has 8 nitrogen and oxygen atoms in total. The average molecular weight is 561 g/mol. The second kappa shape index (κ2) is 9.45. The zero-order valence-electron chi connectivity index (χ0n) is 25.3. The third-order valence-electron chi connectivity index (χ3n) is 13.1. The fourth-order valence-electron chi connectivity index (χ4n) is 11.2. The fourth-order valence-corrected chi connectivity index (χ4v) is 11.2. The number of esters is 3. The van der Waals surface area contributed by atoms with Crippen LogP contribution in [0.1, 0.15) is 113 Å². The maximum absolute atomic E-state index is 12.5. The number of carboxylic acids is 1. The summed E-state index contributed by atoms with van der Waals surface area (Å²) in [6, 6.07) is 0. The Morgan fingerprint density at radius 2 is 1.57 bits per heavy atom. The van der Waals surface area contributed by atoms with Crippen molar-refractivity contribution in [3.05, 3.63) is 0 Å². The lowest BCUT2D eigenvalue weighted by Gasteiger charge is -2.70. The van der Waals surface area contributed by atoms with Gasteiger partial charge in [-0.25, -0.2) is 0 Å². The first-order chi connectivity index (χ1) is 18.5. The summed E-state index contributed by atoms with van der Waals surface area (Å²) in [5.41, 5.74) is -0.971. The number of carboxylic acid groups (broad SMARTS) is 1. The topological polar surface area (TPSA) is 116 Å². The van der Waals surface area contributed by atoms with Gasteiger partial charge in [-0.05, 0) is 86.4 Å². The van der Waals surface area contributed by atoms with Crippen molar-refractivity contribution in [2.75, 3.05) is 0 Å². The summed E-state index contributed by atoms with van der Waals surface area (Å²) in [6.45, 7) is 15.2. The summed E-state index contributed by atoms with van der Waals surface area (Å²) < 4.78 is 18.0. The van der Waals surface area contributed by atoms with E-state index in [2.05, 4.69) is 41.5 Å². The lowest BCUT2D eigenvalue weighted by molar-refractivity contribution is -0.252. The van der Waals surface area contributed by atoms with Crippen LogP contribution in [0, 0.1) is 45.3 Å². The van der Waals surface area contributed by atoms with Crippen molar-refractivity contribution in [2.45, 2.75) is 130 Å². The molecule has 0 bridgehead atoms. The number of rotatable bonds is 5. The van der Waals surface area contributed by atoms with Crippen molar-refractivity contribution < 1.29 is 38.5 Å². The summed E-state index contributed by atoms with van der Waals surface area (Å²) in [5, 5.41) is 9.07. The van der Waals surface area contributed by atoms with Gasteiger partial charge in [-0.1, -0.05) is 34.6 Å². The Balaban J connectivity index is 1.49. The second-order valence-corrected chi connectivity index (χ2v) is 15.2. The van der Waals surface area contributed by atoms with Crippen LogP contribution in [0.5, 0.6) is 0 Å². The molecule has 0 radical (unpaired) electrons. The van der Waals surface area contributed by atoms with Crippen LogP contribution in [-0.2, 0) is 33.4 Å². The molecule has 0 aromatic carbocycles. The van der Waals surface area contributed by atoms with Gasteiger partial charge in [0.25, 0.3) is 0 Å². The van der Waals surface area contributed by atoms with Crippen LogP contribution < -0.4 is 0 Å². The Morgan fingerprint density at radius 1 is 0.900 bits per heavy atom. The SMILES string of the molecule is CC(=O)O[C@@H]1C[C@@H]2[C@@]3(C)CC[C@@H](OC(=O)CC(=O)O)C(C)(C)[C@@H]3CC[C@@]2(C)[C@]2(C)CC[C@H]([C@]3(C)CCC(=O)O3)[C@@H]12. The van der Waals surface area contributed by atoms with E-state index in [1.165, 1.54) is 6.92 Å². The smallest absolute Gasteiger partial charge is 0.317 e. The van der Waals surface area contributed by atoms with Gasteiger partial charge in [-0.15, -0.1) is 0 Å². The van der Waals surface area contributed by atoms with E-state index in [1.807, 2.05) is 0 Å². The van der Waals surface area contributed by atoms with E-state index >= 15 is 0 Å². The highest BCUT2D eigenvalue weighted by atomic mass is 16.6. The first kappa shape index (κ1) is 29.4. The van der Waals surface area contributed by atoms with Crippen molar-refractivity contribution >= 4 is 23.9 Å². The molecule has 1 N–H and O–H groups in total. The van der Waals surface area contributed by atoms with E-state index in [4.69, 9.17) is 19.3 Å². The van der Waals surface area contributed by atoms with E-state index < -0.39 is 24.0 Å². The van der Waals surface area contributed by atoms with Crippen LogP contribution in [-0.4, -0.2) is 46.8 Å². The van der Waals surface area contributed by atoms with Crippen LogP contribution in [0.25, 0.3) is 0 Å². The first-order valence-corrected chi connectivity index (χ1v) is 15.3. The summed E-state index contributed by atoms with van der Waals surface area (Å²) in [6.07, 6.45) is 6.32. The molecule has 0 aromatic heterocycles. The quantitative estimate of drug-likeness (QED) is 0.259. The van der Waals surface area contributed by atoms with E-state index in [1.54, 1.807) is 0 Å². The monoisotopic (exact) mass is 560 g/mol. The fraction of sp³-hybridized carbons (Fsp3) is 0.875. The van der Waals surface area contributed by atoms with Crippen molar-refractivity contribution in [2.24, 2.45) is 45.3 Å². The van der Waals surface area contributed by atoms with Crippen LogP contribution in [0.2, 0.25) is 0 Å². The minimum absolute atomic E-state index is 0.0101. The molecule has 10 atom stereocenters. The molecule has 8 heteroatoms. The van der Waals surface area contributed by atoms with Crippen molar-refractivity contribution in [1.29, 1.82) is 0 Å². The predicted molar refractivity (Wildman–Crippen MR) is 146 cm³/mol. The Labute approximate surface area is 238 Å². The third-order valence-corrected chi connectivity index (χ3v) is 13.1. The minimum Gasteiger partial charge on any atom is -0.481 e. The predicted octanol–water partition coefficient (Wildman–Crippen LogP) is 5.70. The molecular weight excluding hydrogens is 512 g/mol. The molecule has 5 rings (SSSR count). The van der Waals surface area contributed by atoms with Gasteiger partial charge < -0.3 is 19.3 Å². The molecule has 4 aliphatic carbocycles. The second-order valence-electron chi connectivity index (χ2n) is 15.2. The minimum atomic E-state index is -1.17. The number of ether oxygens (including phenoxy) is 3. The standard InChI is InChI=1S/C32H48O8/c1-18(33)38-20-16-22-29(4)12-10-23(39-26(37)17-24(34)35)28(2,3)21(29)9-14-30(22,5)31(6)13-8-19(27(20)31)32(7)15-11-25(36)40-32/h19-23,27H,8-17H2,1-7H3,(H,34,35)/t19-,20+,21-,22+,23+,27-,29-,30+,31+,32-/m0/s1. The maximum Gasteiger partial charge on any atom is 0.317 e. The van der Waals surface area contributed by atoms with E-state index in [0.29, 0.717) is 25.2 Å². The zero-order valence-corrected chi connectivity index (χ0v) is 25.3. The Kier molecular flexibility index (Phi) is 6.94. The molecule has 4 saturated carbocycles. The lowest BCUT2D eigenvalue weighted by Crippen LogP contribution is -2.67. The van der Waals surface area contributed by atoms with Gasteiger partial charge in [0.2, 0.25) is 0 Å². The van der Waals surface area contributed by atoms with Gasteiger partial charge in [-0.2, -0.15) is 0 Å². The van der Waals surface area contributed by atoms with Crippen LogP contribution in [0.3, 0.4) is 0 Å². The van der Waals surface area contributed by atoms with Crippen LogP contribution in [0.4, 0.5) is 0 Å². The maximum atomic E-state index is 12.5. The number of aliphatic carboxylic acids is 1. The highest BCUT2D eigenvalue weighted by Crippen LogP contribution is 2.76. The van der Waals surface area contributed by atoms with E-state index in [0.717, 1.165) is 38.5 Å². The van der Waals surface area contributed by atoms with Crippen LogP contribution >= 0.6 is 0 Å². The third kappa shape index (κ3) is 4.21. The molecule has 40 heavy (non-hydrogen) atoms.